The monoisotopic (exact) mass is 713 g/mol. The van der Waals surface area contributed by atoms with E-state index in [1.54, 1.807) is 0 Å². The molecule has 51 heavy (non-hydrogen) atoms. The minimum absolute atomic E-state index is 0.0969. The molecule has 292 valence electrons. The number of carbonyl (C=O) groups excluding carboxylic acids is 3. The van der Waals surface area contributed by atoms with Gasteiger partial charge < -0.3 is 14.2 Å². The molecule has 0 aliphatic heterocycles. The van der Waals surface area contributed by atoms with Crippen molar-refractivity contribution in [3.63, 3.8) is 0 Å². The predicted molar refractivity (Wildman–Crippen MR) is 215 cm³/mol. The van der Waals surface area contributed by atoms with Crippen LogP contribution in [0.5, 0.6) is 0 Å². The zero-order valence-electron chi connectivity index (χ0n) is 33.1. The van der Waals surface area contributed by atoms with E-state index in [1.165, 1.54) is 57.8 Å². The average molecular weight is 713 g/mol. The molecule has 0 fully saturated rings. The van der Waals surface area contributed by atoms with Crippen LogP contribution in [0, 0.1) is 0 Å². The summed E-state index contributed by atoms with van der Waals surface area (Å²) in [5, 5.41) is 0. The maximum atomic E-state index is 12.6. The van der Waals surface area contributed by atoms with Crippen LogP contribution in [0.4, 0.5) is 0 Å². The summed E-state index contributed by atoms with van der Waals surface area (Å²) in [6.45, 7) is 6.36. The first-order valence-corrected chi connectivity index (χ1v) is 20.8. The molecule has 0 amide bonds. The van der Waals surface area contributed by atoms with Crippen LogP contribution < -0.4 is 0 Å². The van der Waals surface area contributed by atoms with Gasteiger partial charge in [0, 0.05) is 19.3 Å². The average Bonchev–Trinajstić information content (AvgIpc) is 3.12. The number of allylic oxidation sites excluding steroid dienone is 10. The van der Waals surface area contributed by atoms with Gasteiger partial charge in [0.05, 0.1) is 0 Å². The summed E-state index contributed by atoms with van der Waals surface area (Å²) in [7, 11) is 0. The number of rotatable bonds is 36. The molecule has 0 aromatic carbocycles. The van der Waals surface area contributed by atoms with Gasteiger partial charge in [0.25, 0.3) is 0 Å². The normalized spacial score (nSPS) is 12.6. The highest BCUT2D eigenvalue weighted by atomic mass is 16.6. The van der Waals surface area contributed by atoms with Gasteiger partial charge in [-0.1, -0.05) is 159 Å². The predicted octanol–water partition coefficient (Wildman–Crippen LogP) is 13.0. The maximum Gasteiger partial charge on any atom is 0.306 e. The van der Waals surface area contributed by atoms with Crippen molar-refractivity contribution in [1.82, 2.24) is 0 Å². The minimum Gasteiger partial charge on any atom is -0.462 e. The molecule has 0 heterocycles. The Hall–Kier alpha value is -2.89. The molecule has 6 nitrogen and oxygen atoms in total. The van der Waals surface area contributed by atoms with Crippen LogP contribution in [0.2, 0.25) is 0 Å². The van der Waals surface area contributed by atoms with E-state index < -0.39 is 6.10 Å². The Bertz CT molecular complexity index is 960. The lowest BCUT2D eigenvalue weighted by atomic mass is 10.1. The number of carbonyl (C=O) groups is 3. The van der Waals surface area contributed by atoms with Gasteiger partial charge in [0.15, 0.2) is 6.10 Å². The second-order valence-electron chi connectivity index (χ2n) is 13.5. The first kappa shape index (κ1) is 48.1. The lowest BCUT2D eigenvalue weighted by Crippen LogP contribution is -2.30. The molecule has 0 radical (unpaired) electrons. The van der Waals surface area contributed by atoms with E-state index in [1.807, 2.05) is 0 Å². The van der Waals surface area contributed by atoms with Crippen LogP contribution in [0.3, 0.4) is 0 Å². The fraction of sp³-hybridized carbons (Fsp3) is 0.711. The van der Waals surface area contributed by atoms with Gasteiger partial charge in [-0.15, -0.1) is 0 Å². The van der Waals surface area contributed by atoms with Gasteiger partial charge in [-0.25, -0.2) is 0 Å². The summed E-state index contributed by atoms with van der Waals surface area (Å²) in [6, 6.07) is 0. The summed E-state index contributed by atoms with van der Waals surface area (Å²) in [4.78, 5) is 37.5. The molecule has 0 aliphatic carbocycles. The molecule has 0 saturated carbocycles. The minimum atomic E-state index is -0.797. The van der Waals surface area contributed by atoms with Crippen molar-refractivity contribution >= 4 is 17.9 Å². The molecule has 0 rings (SSSR count). The zero-order chi connectivity index (χ0) is 37.3. The second-order valence-corrected chi connectivity index (χ2v) is 13.5. The summed E-state index contributed by atoms with van der Waals surface area (Å²) >= 11 is 0. The highest BCUT2D eigenvalue weighted by Crippen LogP contribution is 2.13. The molecule has 1 atom stereocenters. The Morgan fingerprint density at radius 2 is 0.843 bits per heavy atom. The van der Waals surface area contributed by atoms with Crippen molar-refractivity contribution in [2.45, 2.75) is 194 Å². The summed E-state index contributed by atoms with van der Waals surface area (Å²) in [5.41, 5.74) is 0. The first-order valence-electron chi connectivity index (χ1n) is 20.8. The standard InChI is InChI=1S/C45H76O6/c1-4-7-10-13-16-19-22-24-26-29-32-35-38-44(47)50-41-42(40-49-43(46)37-34-31-28-25-21-18-15-12-9-6-3)51-45(48)39-36-33-30-27-23-20-17-14-11-8-5-2/h7,10,14,16-17,19-20,23-24,26,42H,4-6,8-9,11-13,15,18,21-22,25,27-41H2,1-3H3/b10-7-,17-14-,19-16-,23-20-,26-24-. The smallest absolute Gasteiger partial charge is 0.306 e. The Morgan fingerprint density at radius 3 is 1.41 bits per heavy atom. The third-order valence-electron chi connectivity index (χ3n) is 8.53. The first-order chi connectivity index (χ1) is 25.0. The summed E-state index contributed by atoms with van der Waals surface area (Å²) < 4.78 is 16.6. The number of esters is 3. The number of ether oxygens (including phenoxy) is 3. The van der Waals surface area contributed by atoms with Crippen LogP contribution in [0.15, 0.2) is 60.8 Å². The summed E-state index contributed by atoms with van der Waals surface area (Å²) in [6.07, 6.45) is 46.4. The van der Waals surface area contributed by atoms with E-state index in [-0.39, 0.29) is 37.5 Å². The molecular formula is C45H76O6. The molecule has 0 bridgehead atoms. The fourth-order valence-corrected chi connectivity index (χ4v) is 5.37. The van der Waals surface area contributed by atoms with E-state index >= 15 is 0 Å². The van der Waals surface area contributed by atoms with Gasteiger partial charge in [-0.3, -0.25) is 14.4 Å². The van der Waals surface area contributed by atoms with Crippen molar-refractivity contribution in [2.75, 3.05) is 13.2 Å². The lowest BCUT2D eigenvalue weighted by Gasteiger charge is -2.18. The van der Waals surface area contributed by atoms with Gasteiger partial charge in [0.2, 0.25) is 0 Å². The lowest BCUT2D eigenvalue weighted by molar-refractivity contribution is -0.167. The topological polar surface area (TPSA) is 78.9 Å². The van der Waals surface area contributed by atoms with E-state index in [0.29, 0.717) is 12.8 Å². The summed E-state index contributed by atoms with van der Waals surface area (Å²) in [5.74, 6) is -0.977. The highest BCUT2D eigenvalue weighted by molar-refractivity contribution is 5.71. The Morgan fingerprint density at radius 1 is 0.431 bits per heavy atom. The van der Waals surface area contributed by atoms with Gasteiger partial charge in [-0.05, 0) is 70.6 Å². The molecule has 0 aliphatic rings. The largest absolute Gasteiger partial charge is 0.462 e. The van der Waals surface area contributed by atoms with E-state index in [2.05, 4.69) is 81.5 Å². The molecular weight excluding hydrogens is 636 g/mol. The molecule has 0 aromatic rings. The Labute approximate surface area is 313 Å². The van der Waals surface area contributed by atoms with Crippen LogP contribution in [0.25, 0.3) is 0 Å². The highest BCUT2D eigenvalue weighted by Gasteiger charge is 2.19. The number of hydrogen-bond acceptors (Lipinski definition) is 6. The van der Waals surface area contributed by atoms with Crippen LogP contribution in [-0.2, 0) is 28.6 Å². The Balaban J connectivity index is 4.49. The molecule has 1 unspecified atom stereocenters. The van der Waals surface area contributed by atoms with Gasteiger partial charge in [0.1, 0.15) is 13.2 Å². The third-order valence-corrected chi connectivity index (χ3v) is 8.53. The van der Waals surface area contributed by atoms with Crippen LogP contribution >= 0.6 is 0 Å². The van der Waals surface area contributed by atoms with Crippen molar-refractivity contribution in [3.8, 4) is 0 Å². The molecule has 6 heteroatoms. The molecule has 0 aromatic heterocycles. The fourth-order valence-electron chi connectivity index (χ4n) is 5.37. The molecule has 0 saturated heterocycles. The van der Waals surface area contributed by atoms with Crippen LogP contribution in [0.1, 0.15) is 188 Å². The van der Waals surface area contributed by atoms with Crippen LogP contribution in [-0.4, -0.2) is 37.2 Å². The van der Waals surface area contributed by atoms with Crippen molar-refractivity contribution < 1.29 is 28.6 Å². The molecule has 0 N–H and O–H groups in total. The van der Waals surface area contributed by atoms with E-state index in [9.17, 15) is 14.4 Å². The Kier molecular flexibility index (Phi) is 37.6. The third kappa shape index (κ3) is 38.2. The van der Waals surface area contributed by atoms with Gasteiger partial charge >= 0.3 is 17.9 Å². The van der Waals surface area contributed by atoms with Crippen molar-refractivity contribution in [2.24, 2.45) is 0 Å². The number of unbranched alkanes of at least 4 members (excludes halogenated alkanes) is 16. The second kappa shape index (κ2) is 39.9. The molecule has 0 spiro atoms. The zero-order valence-corrected chi connectivity index (χ0v) is 33.1. The van der Waals surface area contributed by atoms with Gasteiger partial charge in [-0.2, -0.15) is 0 Å². The number of hydrogen-bond donors (Lipinski definition) is 0. The van der Waals surface area contributed by atoms with Crippen molar-refractivity contribution in [3.05, 3.63) is 60.8 Å². The maximum absolute atomic E-state index is 12.6. The SMILES string of the molecule is CC/C=C\C/C=C\C/C=C\CCCCC(=O)OCC(COC(=O)CCCCCCCCCCCC)OC(=O)CCCCC/C=C\C=C/CCCC. The quantitative estimate of drug-likeness (QED) is 0.0211. The van der Waals surface area contributed by atoms with E-state index in [4.69, 9.17) is 14.2 Å². The van der Waals surface area contributed by atoms with E-state index in [0.717, 1.165) is 89.9 Å². The van der Waals surface area contributed by atoms with Crippen molar-refractivity contribution in [1.29, 1.82) is 0 Å².